The van der Waals surface area contributed by atoms with Gasteiger partial charge in [-0.05, 0) is 39.0 Å². The fourth-order valence-electron chi connectivity index (χ4n) is 1.49. The molecule has 1 rings (SSSR count). The standard InChI is InChI=1S/C13H17F4NO2S/c1-12(2,3)21(19,20)7-6-18-9-4-5-11(14)10(8-9)13(15,16)17/h4-5,8,18H,6-7H2,1-3H3. The van der Waals surface area contributed by atoms with Gasteiger partial charge < -0.3 is 5.32 Å². The summed E-state index contributed by atoms with van der Waals surface area (Å²) in [4.78, 5) is 0. The van der Waals surface area contributed by atoms with Crippen molar-refractivity contribution in [2.24, 2.45) is 0 Å². The molecule has 0 fully saturated rings. The second-order valence-electron chi connectivity index (χ2n) is 5.55. The Morgan fingerprint density at radius 1 is 1.14 bits per heavy atom. The van der Waals surface area contributed by atoms with Gasteiger partial charge >= 0.3 is 6.18 Å². The SMILES string of the molecule is CC(C)(C)S(=O)(=O)CCNc1ccc(F)c(C(F)(F)F)c1. The second-order valence-corrected chi connectivity index (χ2v) is 8.41. The van der Waals surface area contributed by atoms with Crippen LogP contribution in [-0.4, -0.2) is 25.5 Å². The van der Waals surface area contributed by atoms with Crippen molar-refractivity contribution in [1.29, 1.82) is 0 Å². The third kappa shape index (κ3) is 4.59. The van der Waals surface area contributed by atoms with Gasteiger partial charge in [-0.15, -0.1) is 0 Å². The van der Waals surface area contributed by atoms with Crippen molar-refractivity contribution in [3.63, 3.8) is 0 Å². The molecule has 1 N–H and O–H groups in total. The molecule has 3 nitrogen and oxygen atoms in total. The van der Waals surface area contributed by atoms with Crippen LogP contribution in [0.5, 0.6) is 0 Å². The van der Waals surface area contributed by atoms with Gasteiger partial charge in [0.1, 0.15) is 5.82 Å². The number of nitrogens with one attached hydrogen (secondary N) is 1. The van der Waals surface area contributed by atoms with E-state index in [1.165, 1.54) is 0 Å². The molecule has 1 aromatic carbocycles. The van der Waals surface area contributed by atoms with E-state index >= 15 is 0 Å². The second kappa shape index (κ2) is 5.82. The zero-order valence-electron chi connectivity index (χ0n) is 11.9. The van der Waals surface area contributed by atoms with Crippen LogP contribution in [0.1, 0.15) is 26.3 Å². The van der Waals surface area contributed by atoms with Gasteiger partial charge in [-0.3, -0.25) is 0 Å². The molecule has 0 heterocycles. The highest BCUT2D eigenvalue weighted by molar-refractivity contribution is 7.92. The molecular formula is C13H17F4NO2S. The highest BCUT2D eigenvalue weighted by atomic mass is 32.2. The van der Waals surface area contributed by atoms with E-state index in [2.05, 4.69) is 5.32 Å². The van der Waals surface area contributed by atoms with E-state index in [9.17, 15) is 26.0 Å². The molecule has 0 aliphatic rings. The third-order valence-corrected chi connectivity index (χ3v) is 5.51. The summed E-state index contributed by atoms with van der Waals surface area (Å²) < 4.78 is 73.4. The number of sulfone groups is 1. The van der Waals surface area contributed by atoms with E-state index in [1.807, 2.05) is 0 Å². The third-order valence-electron chi connectivity index (χ3n) is 2.90. The van der Waals surface area contributed by atoms with Crippen LogP contribution in [0, 0.1) is 5.82 Å². The molecule has 0 unspecified atom stereocenters. The largest absolute Gasteiger partial charge is 0.419 e. The first-order chi connectivity index (χ1) is 9.34. The molecule has 0 spiro atoms. The van der Waals surface area contributed by atoms with Crippen molar-refractivity contribution in [2.45, 2.75) is 31.7 Å². The summed E-state index contributed by atoms with van der Waals surface area (Å²) in [7, 11) is -3.37. The molecule has 21 heavy (non-hydrogen) atoms. The Bertz CT molecular complexity index is 604. The lowest BCUT2D eigenvalue weighted by Gasteiger charge is -2.19. The summed E-state index contributed by atoms with van der Waals surface area (Å²) in [5.41, 5.74) is -1.36. The van der Waals surface area contributed by atoms with E-state index in [4.69, 9.17) is 0 Å². The Balaban J connectivity index is 2.79. The lowest BCUT2D eigenvalue weighted by atomic mass is 10.2. The fraction of sp³-hybridized carbons (Fsp3) is 0.538. The van der Waals surface area contributed by atoms with Gasteiger partial charge in [0.05, 0.1) is 16.1 Å². The molecule has 0 aliphatic heterocycles. The van der Waals surface area contributed by atoms with Crippen LogP contribution in [0.2, 0.25) is 0 Å². The van der Waals surface area contributed by atoms with Crippen molar-refractivity contribution in [1.82, 2.24) is 0 Å². The summed E-state index contributed by atoms with van der Waals surface area (Å²) in [6.45, 7) is 4.58. The predicted octanol–water partition coefficient (Wildman–Crippen LogP) is 3.47. The fourth-order valence-corrected chi connectivity index (χ4v) is 2.47. The van der Waals surface area contributed by atoms with Gasteiger partial charge in [-0.1, -0.05) is 0 Å². The van der Waals surface area contributed by atoms with Crippen molar-refractivity contribution in [3.8, 4) is 0 Å². The van der Waals surface area contributed by atoms with Crippen LogP contribution >= 0.6 is 0 Å². The summed E-state index contributed by atoms with van der Waals surface area (Å²) in [5.74, 6) is -1.59. The van der Waals surface area contributed by atoms with E-state index < -0.39 is 32.1 Å². The monoisotopic (exact) mass is 327 g/mol. The smallest absolute Gasteiger partial charge is 0.384 e. The molecule has 0 aromatic heterocycles. The quantitative estimate of drug-likeness (QED) is 0.862. The molecule has 0 aliphatic carbocycles. The topological polar surface area (TPSA) is 46.2 Å². The number of rotatable bonds is 4. The number of anilines is 1. The summed E-state index contributed by atoms with van der Waals surface area (Å²) >= 11 is 0. The van der Waals surface area contributed by atoms with E-state index in [1.54, 1.807) is 20.8 Å². The molecule has 1 aromatic rings. The molecule has 0 saturated carbocycles. The Hall–Kier alpha value is -1.31. The highest BCUT2D eigenvalue weighted by Crippen LogP contribution is 2.32. The first-order valence-electron chi connectivity index (χ1n) is 6.17. The van der Waals surface area contributed by atoms with Crippen molar-refractivity contribution in [3.05, 3.63) is 29.6 Å². The maximum atomic E-state index is 13.1. The number of benzene rings is 1. The van der Waals surface area contributed by atoms with Gasteiger partial charge in [0, 0.05) is 12.2 Å². The van der Waals surface area contributed by atoms with E-state index in [-0.39, 0.29) is 18.0 Å². The molecule has 0 radical (unpaired) electrons. The van der Waals surface area contributed by atoms with Gasteiger partial charge in [0.2, 0.25) is 0 Å². The van der Waals surface area contributed by atoms with Crippen molar-refractivity contribution < 1.29 is 26.0 Å². The number of hydrogen-bond acceptors (Lipinski definition) is 3. The molecule has 0 saturated heterocycles. The summed E-state index contributed by atoms with van der Waals surface area (Å²) in [5, 5.41) is 2.57. The average molecular weight is 327 g/mol. The van der Waals surface area contributed by atoms with Crippen molar-refractivity contribution >= 4 is 15.5 Å². The molecule has 0 bridgehead atoms. The molecule has 0 atom stereocenters. The highest BCUT2D eigenvalue weighted by Gasteiger charge is 2.34. The zero-order chi connectivity index (χ0) is 16.5. The van der Waals surface area contributed by atoms with Crippen LogP contribution in [0.3, 0.4) is 0 Å². The van der Waals surface area contributed by atoms with Crippen LogP contribution in [0.15, 0.2) is 18.2 Å². The van der Waals surface area contributed by atoms with E-state index in [0.29, 0.717) is 12.1 Å². The van der Waals surface area contributed by atoms with Crippen LogP contribution in [0.25, 0.3) is 0 Å². The van der Waals surface area contributed by atoms with E-state index in [0.717, 1.165) is 6.07 Å². The molecule has 120 valence electrons. The van der Waals surface area contributed by atoms with Crippen LogP contribution < -0.4 is 5.32 Å². The van der Waals surface area contributed by atoms with Crippen molar-refractivity contribution in [2.75, 3.05) is 17.6 Å². The normalized spacial score (nSPS) is 13.3. The Kier molecular flexibility index (Phi) is 4.92. The molecular weight excluding hydrogens is 310 g/mol. The maximum Gasteiger partial charge on any atom is 0.419 e. The van der Waals surface area contributed by atoms with Gasteiger partial charge in [-0.25, -0.2) is 12.8 Å². The van der Waals surface area contributed by atoms with Crippen LogP contribution in [0.4, 0.5) is 23.2 Å². The van der Waals surface area contributed by atoms with Crippen LogP contribution in [-0.2, 0) is 16.0 Å². The maximum absolute atomic E-state index is 13.1. The lowest BCUT2D eigenvalue weighted by molar-refractivity contribution is -0.139. The summed E-state index contributed by atoms with van der Waals surface area (Å²) in [6.07, 6.45) is -4.79. The first-order valence-corrected chi connectivity index (χ1v) is 7.83. The Morgan fingerprint density at radius 2 is 1.71 bits per heavy atom. The Labute approximate surface area is 121 Å². The van der Waals surface area contributed by atoms with Gasteiger partial charge in [-0.2, -0.15) is 13.2 Å². The summed E-state index contributed by atoms with van der Waals surface area (Å²) in [6, 6.07) is 2.46. The minimum atomic E-state index is -4.79. The first kappa shape index (κ1) is 17.7. The zero-order valence-corrected chi connectivity index (χ0v) is 12.7. The molecule has 0 amide bonds. The number of hydrogen-bond donors (Lipinski definition) is 1. The minimum Gasteiger partial charge on any atom is -0.384 e. The predicted molar refractivity (Wildman–Crippen MR) is 73.4 cm³/mol. The lowest BCUT2D eigenvalue weighted by Crippen LogP contribution is -2.32. The van der Waals surface area contributed by atoms with Gasteiger partial charge in [0.15, 0.2) is 9.84 Å². The van der Waals surface area contributed by atoms with Gasteiger partial charge in [0.25, 0.3) is 0 Å². The number of alkyl halides is 3. The minimum absolute atomic E-state index is 0.0211. The number of halogens is 4. The molecule has 8 heteroatoms. The Morgan fingerprint density at radius 3 is 2.19 bits per heavy atom. The average Bonchev–Trinajstić information content (AvgIpc) is 2.28.